The summed E-state index contributed by atoms with van der Waals surface area (Å²) in [6.07, 6.45) is 0.945. The SMILES string of the molecule is COC(=O)CCCNC(=O)C(C)(C)N1CCNCC1. The summed E-state index contributed by atoms with van der Waals surface area (Å²) in [4.78, 5) is 25.3. The third-order valence-corrected chi connectivity index (χ3v) is 3.53. The molecule has 0 aromatic rings. The molecule has 1 saturated heterocycles. The molecule has 1 aliphatic rings. The molecule has 0 unspecified atom stereocenters. The lowest BCUT2D eigenvalue weighted by molar-refractivity contribution is -0.141. The minimum atomic E-state index is -0.507. The van der Waals surface area contributed by atoms with E-state index in [-0.39, 0.29) is 11.9 Å². The molecule has 2 N–H and O–H groups in total. The summed E-state index contributed by atoms with van der Waals surface area (Å²) in [6, 6.07) is 0. The van der Waals surface area contributed by atoms with Gasteiger partial charge in [-0.15, -0.1) is 0 Å². The summed E-state index contributed by atoms with van der Waals surface area (Å²) < 4.78 is 4.55. The second kappa shape index (κ2) is 7.45. The quantitative estimate of drug-likeness (QED) is 0.514. The number of esters is 1. The molecular weight excluding hydrogens is 246 g/mol. The van der Waals surface area contributed by atoms with E-state index < -0.39 is 5.54 Å². The Balaban J connectivity index is 2.32. The van der Waals surface area contributed by atoms with Crippen LogP contribution >= 0.6 is 0 Å². The fourth-order valence-electron chi connectivity index (χ4n) is 2.12. The van der Waals surface area contributed by atoms with E-state index in [0.717, 1.165) is 26.2 Å². The topological polar surface area (TPSA) is 70.7 Å². The lowest BCUT2D eigenvalue weighted by Gasteiger charge is -2.39. The fraction of sp³-hybridized carbons (Fsp3) is 0.846. The van der Waals surface area contributed by atoms with Crippen molar-refractivity contribution in [1.82, 2.24) is 15.5 Å². The van der Waals surface area contributed by atoms with Crippen LogP contribution in [0.25, 0.3) is 0 Å². The van der Waals surface area contributed by atoms with Crippen molar-refractivity contribution in [2.45, 2.75) is 32.2 Å². The molecule has 1 heterocycles. The Morgan fingerprint density at radius 1 is 1.32 bits per heavy atom. The molecule has 1 amide bonds. The number of nitrogens with one attached hydrogen (secondary N) is 2. The average Bonchev–Trinajstić information content (AvgIpc) is 2.43. The van der Waals surface area contributed by atoms with Crippen LogP contribution in [0.4, 0.5) is 0 Å². The third-order valence-electron chi connectivity index (χ3n) is 3.53. The number of rotatable bonds is 6. The van der Waals surface area contributed by atoms with Crippen molar-refractivity contribution < 1.29 is 14.3 Å². The van der Waals surface area contributed by atoms with Gasteiger partial charge in [-0.3, -0.25) is 14.5 Å². The molecule has 0 aromatic carbocycles. The molecular formula is C13H25N3O3. The second-order valence-corrected chi connectivity index (χ2v) is 5.23. The van der Waals surface area contributed by atoms with Crippen molar-refractivity contribution in [3.8, 4) is 0 Å². The van der Waals surface area contributed by atoms with Gasteiger partial charge < -0.3 is 15.4 Å². The lowest BCUT2D eigenvalue weighted by atomic mass is 10.0. The van der Waals surface area contributed by atoms with Gasteiger partial charge in [0.25, 0.3) is 0 Å². The maximum Gasteiger partial charge on any atom is 0.305 e. The first kappa shape index (κ1) is 15.9. The van der Waals surface area contributed by atoms with E-state index in [0.29, 0.717) is 19.4 Å². The molecule has 0 bridgehead atoms. The van der Waals surface area contributed by atoms with E-state index in [4.69, 9.17) is 0 Å². The molecule has 19 heavy (non-hydrogen) atoms. The Hall–Kier alpha value is -1.14. The van der Waals surface area contributed by atoms with E-state index in [1.807, 2.05) is 13.8 Å². The predicted molar refractivity (Wildman–Crippen MR) is 72.8 cm³/mol. The summed E-state index contributed by atoms with van der Waals surface area (Å²) in [5.41, 5.74) is -0.507. The minimum Gasteiger partial charge on any atom is -0.469 e. The number of methoxy groups -OCH3 is 1. The monoisotopic (exact) mass is 271 g/mol. The van der Waals surface area contributed by atoms with Crippen molar-refractivity contribution in [3.05, 3.63) is 0 Å². The summed E-state index contributed by atoms with van der Waals surface area (Å²) in [6.45, 7) is 7.97. The van der Waals surface area contributed by atoms with Crippen molar-refractivity contribution in [1.29, 1.82) is 0 Å². The lowest BCUT2D eigenvalue weighted by Crippen LogP contribution is -2.60. The van der Waals surface area contributed by atoms with Crippen LogP contribution in [-0.4, -0.2) is 62.1 Å². The van der Waals surface area contributed by atoms with Gasteiger partial charge in [0.15, 0.2) is 0 Å². The van der Waals surface area contributed by atoms with E-state index in [2.05, 4.69) is 20.3 Å². The molecule has 110 valence electrons. The van der Waals surface area contributed by atoms with Gasteiger partial charge in [-0.25, -0.2) is 0 Å². The summed E-state index contributed by atoms with van der Waals surface area (Å²) in [7, 11) is 1.37. The summed E-state index contributed by atoms with van der Waals surface area (Å²) in [5.74, 6) is -0.227. The number of amides is 1. The molecule has 6 heteroatoms. The van der Waals surface area contributed by atoms with Crippen LogP contribution in [-0.2, 0) is 14.3 Å². The Morgan fingerprint density at radius 3 is 2.53 bits per heavy atom. The minimum absolute atomic E-state index is 0.0132. The molecule has 0 aliphatic carbocycles. The van der Waals surface area contributed by atoms with Crippen LogP contribution in [0.2, 0.25) is 0 Å². The second-order valence-electron chi connectivity index (χ2n) is 5.23. The maximum atomic E-state index is 12.2. The number of carbonyl (C=O) groups is 2. The predicted octanol–water partition coefficient (Wildman–Crippen LogP) is -0.260. The van der Waals surface area contributed by atoms with Crippen LogP contribution in [0.5, 0.6) is 0 Å². The highest BCUT2D eigenvalue weighted by Crippen LogP contribution is 2.15. The first-order valence-corrected chi connectivity index (χ1v) is 6.79. The number of nitrogens with zero attached hydrogens (tertiary/aromatic N) is 1. The van der Waals surface area contributed by atoms with Gasteiger partial charge >= 0.3 is 5.97 Å². The van der Waals surface area contributed by atoms with Gasteiger partial charge in [0.2, 0.25) is 5.91 Å². The molecule has 1 aliphatic heterocycles. The van der Waals surface area contributed by atoms with Crippen molar-refractivity contribution in [2.24, 2.45) is 0 Å². The van der Waals surface area contributed by atoms with Crippen molar-refractivity contribution >= 4 is 11.9 Å². The van der Waals surface area contributed by atoms with E-state index in [1.165, 1.54) is 7.11 Å². The fourth-order valence-corrected chi connectivity index (χ4v) is 2.12. The van der Waals surface area contributed by atoms with Gasteiger partial charge in [-0.2, -0.15) is 0 Å². The van der Waals surface area contributed by atoms with Crippen LogP contribution in [0.1, 0.15) is 26.7 Å². The van der Waals surface area contributed by atoms with Gasteiger partial charge in [0.05, 0.1) is 12.6 Å². The van der Waals surface area contributed by atoms with Crippen LogP contribution < -0.4 is 10.6 Å². The number of piperazine rings is 1. The molecule has 0 spiro atoms. The number of carbonyl (C=O) groups excluding carboxylic acids is 2. The Kier molecular flexibility index (Phi) is 6.24. The standard InChI is InChI=1S/C13H25N3O3/c1-13(2,16-9-7-14-8-10-16)12(18)15-6-4-5-11(17)19-3/h14H,4-10H2,1-3H3,(H,15,18). The van der Waals surface area contributed by atoms with E-state index in [9.17, 15) is 9.59 Å². The molecule has 1 rings (SSSR count). The zero-order valence-electron chi connectivity index (χ0n) is 12.1. The third kappa shape index (κ3) is 4.80. The highest BCUT2D eigenvalue weighted by molar-refractivity contribution is 5.85. The Morgan fingerprint density at radius 2 is 1.95 bits per heavy atom. The summed E-state index contributed by atoms with van der Waals surface area (Å²) >= 11 is 0. The van der Waals surface area contributed by atoms with Gasteiger partial charge in [-0.1, -0.05) is 0 Å². The molecule has 0 aromatic heterocycles. The van der Waals surface area contributed by atoms with E-state index >= 15 is 0 Å². The maximum absolute atomic E-state index is 12.2. The smallest absolute Gasteiger partial charge is 0.305 e. The molecule has 6 nitrogen and oxygen atoms in total. The van der Waals surface area contributed by atoms with Gasteiger partial charge in [0.1, 0.15) is 0 Å². The van der Waals surface area contributed by atoms with Crippen LogP contribution in [0, 0.1) is 0 Å². The van der Waals surface area contributed by atoms with Crippen molar-refractivity contribution in [3.63, 3.8) is 0 Å². The van der Waals surface area contributed by atoms with Crippen molar-refractivity contribution in [2.75, 3.05) is 39.8 Å². The molecule has 0 atom stereocenters. The zero-order valence-corrected chi connectivity index (χ0v) is 12.1. The average molecular weight is 271 g/mol. The Labute approximate surface area is 114 Å². The number of hydrogen-bond donors (Lipinski definition) is 2. The Bertz CT molecular complexity index is 312. The normalized spacial score (nSPS) is 17.0. The molecule has 0 radical (unpaired) electrons. The largest absolute Gasteiger partial charge is 0.469 e. The first-order valence-electron chi connectivity index (χ1n) is 6.79. The summed E-state index contributed by atoms with van der Waals surface area (Å²) in [5, 5.41) is 6.16. The number of hydrogen-bond acceptors (Lipinski definition) is 5. The van der Waals surface area contributed by atoms with Gasteiger partial charge in [-0.05, 0) is 20.3 Å². The van der Waals surface area contributed by atoms with Gasteiger partial charge in [0, 0.05) is 39.1 Å². The molecule has 1 fully saturated rings. The highest BCUT2D eigenvalue weighted by Gasteiger charge is 2.34. The van der Waals surface area contributed by atoms with Crippen LogP contribution in [0.15, 0.2) is 0 Å². The van der Waals surface area contributed by atoms with Crippen LogP contribution in [0.3, 0.4) is 0 Å². The number of ether oxygens (including phenoxy) is 1. The first-order chi connectivity index (χ1) is 8.98. The zero-order chi connectivity index (χ0) is 14.3. The highest BCUT2D eigenvalue weighted by atomic mass is 16.5. The molecule has 0 saturated carbocycles. The van der Waals surface area contributed by atoms with E-state index in [1.54, 1.807) is 0 Å².